The van der Waals surface area contributed by atoms with Gasteiger partial charge in [0, 0.05) is 11.9 Å². The molecule has 0 bridgehead atoms. The van der Waals surface area contributed by atoms with Crippen LogP contribution >= 0.6 is 23.2 Å². The van der Waals surface area contributed by atoms with E-state index in [0.29, 0.717) is 23.6 Å². The molecule has 1 aliphatic rings. The number of hydrogen-bond acceptors (Lipinski definition) is 3. The molecule has 6 heteroatoms. The molecule has 1 aromatic carbocycles. The van der Waals surface area contributed by atoms with Gasteiger partial charge < -0.3 is 15.2 Å². The first-order valence-electron chi connectivity index (χ1n) is 6.11. The molecule has 0 aromatic heterocycles. The number of benzene rings is 1. The smallest absolute Gasteiger partial charge is 0.228 e. The molecule has 0 saturated carbocycles. The number of carboxylic acid groups (broad SMARTS) is 1. The normalized spacial score (nSPS) is 21.5. The van der Waals surface area contributed by atoms with Crippen LogP contribution in [-0.2, 0) is 9.59 Å². The van der Waals surface area contributed by atoms with E-state index in [1.807, 2.05) is 0 Å². The predicted molar refractivity (Wildman–Crippen MR) is 75.5 cm³/mol. The molecule has 1 aromatic rings. The third-order valence-corrected chi connectivity index (χ3v) is 4.10. The summed E-state index contributed by atoms with van der Waals surface area (Å²) in [5.74, 6) is -3.10. The maximum Gasteiger partial charge on any atom is 0.228 e. The molecule has 1 N–H and O–H groups in total. The molecule has 0 saturated heterocycles. The second kappa shape index (κ2) is 6.29. The first-order valence-corrected chi connectivity index (χ1v) is 6.87. The Morgan fingerprint density at radius 1 is 1.15 bits per heavy atom. The van der Waals surface area contributed by atoms with Crippen molar-refractivity contribution in [3.8, 4) is 0 Å². The van der Waals surface area contributed by atoms with Gasteiger partial charge >= 0.3 is 0 Å². The van der Waals surface area contributed by atoms with Gasteiger partial charge in [-0.1, -0.05) is 41.4 Å². The zero-order valence-corrected chi connectivity index (χ0v) is 11.9. The fourth-order valence-corrected chi connectivity index (χ4v) is 2.54. The third-order valence-electron chi connectivity index (χ3n) is 3.28. The molecule has 2 rings (SSSR count). The average molecular weight is 313 g/mol. The monoisotopic (exact) mass is 312 g/mol. The maximum absolute atomic E-state index is 12.2. The molecule has 1 aliphatic carbocycles. The van der Waals surface area contributed by atoms with Crippen LogP contribution in [0.2, 0.25) is 10.0 Å². The summed E-state index contributed by atoms with van der Waals surface area (Å²) >= 11 is 11.8. The first-order chi connectivity index (χ1) is 9.50. The van der Waals surface area contributed by atoms with Crippen LogP contribution in [0.4, 0.5) is 5.69 Å². The number of allylic oxidation sites excluding steroid dienone is 2. The molecule has 0 fully saturated rings. The van der Waals surface area contributed by atoms with E-state index in [9.17, 15) is 14.7 Å². The van der Waals surface area contributed by atoms with E-state index in [-0.39, 0.29) is 5.02 Å². The number of rotatable bonds is 3. The highest BCUT2D eigenvalue weighted by atomic mass is 35.5. The van der Waals surface area contributed by atoms with E-state index in [0.717, 1.165) is 0 Å². The van der Waals surface area contributed by atoms with E-state index in [1.54, 1.807) is 30.4 Å². The number of carbonyl (C=O) groups is 2. The lowest BCUT2D eigenvalue weighted by Crippen LogP contribution is -2.41. The zero-order chi connectivity index (χ0) is 14.7. The minimum atomic E-state index is -1.22. The number of carboxylic acids is 1. The van der Waals surface area contributed by atoms with Gasteiger partial charge in [0.2, 0.25) is 5.91 Å². The van der Waals surface area contributed by atoms with Crippen molar-refractivity contribution in [3.63, 3.8) is 0 Å². The van der Waals surface area contributed by atoms with E-state index in [1.165, 1.54) is 0 Å². The molecule has 2 atom stereocenters. The highest BCUT2D eigenvalue weighted by Crippen LogP contribution is 2.31. The zero-order valence-electron chi connectivity index (χ0n) is 10.4. The molecule has 106 valence electrons. The number of hydrogen-bond donors (Lipinski definition) is 1. The second-order valence-electron chi connectivity index (χ2n) is 4.57. The van der Waals surface area contributed by atoms with Crippen molar-refractivity contribution in [2.75, 3.05) is 5.32 Å². The largest absolute Gasteiger partial charge is 0.550 e. The number of halogens is 2. The molecule has 0 aliphatic heterocycles. The molecular weight excluding hydrogens is 301 g/mol. The Morgan fingerprint density at radius 2 is 1.80 bits per heavy atom. The van der Waals surface area contributed by atoms with Crippen LogP contribution in [0.5, 0.6) is 0 Å². The van der Waals surface area contributed by atoms with Crippen LogP contribution in [0.3, 0.4) is 0 Å². The molecule has 0 spiro atoms. The van der Waals surface area contributed by atoms with Crippen molar-refractivity contribution in [2.45, 2.75) is 12.8 Å². The standard InChI is InChI=1S/C14H13Cl2NO3/c15-10-6-3-7-11(12(10)16)17-13(18)8-4-1-2-5-9(8)14(19)20/h1-3,6-9H,4-5H2,(H,17,18)(H,19,20)/p-1/t8-,9-/m0/s1. The Balaban J connectivity index is 2.17. The molecular formula is C14H12Cl2NO3-. The van der Waals surface area contributed by atoms with E-state index < -0.39 is 23.7 Å². The highest BCUT2D eigenvalue weighted by molar-refractivity contribution is 6.44. The Hall–Kier alpha value is -1.52. The number of anilines is 1. The van der Waals surface area contributed by atoms with Crippen molar-refractivity contribution in [1.29, 1.82) is 0 Å². The van der Waals surface area contributed by atoms with Crippen molar-refractivity contribution < 1.29 is 14.7 Å². The molecule has 0 heterocycles. The fourth-order valence-electron chi connectivity index (χ4n) is 2.19. The Kier molecular flexibility index (Phi) is 4.68. The lowest BCUT2D eigenvalue weighted by molar-refractivity contribution is -0.313. The van der Waals surface area contributed by atoms with Crippen LogP contribution in [0.15, 0.2) is 30.4 Å². The van der Waals surface area contributed by atoms with Crippen molar-refractivity contribution >= 4 is 40.8 Å². The lowest BCUT2D eigenvalue weighted by Gasteiger charge is -2.28. The summed E-state index contributed by atoms with van der Waals surface area (Å²) in [7, 11) is 0. The van der Waals surface area contributed by atoms with Crippen molar-refractivity contribution in [3.05, 3.63) is 40.4 Å². The van der Waals surface area contributed by atoms with Crippen LogP contribution < -0.4 is 10.4 Å². The summed E-state index contributed by atoms with van der Waals surface area (Å²) in [4.78, 5) is 23.3. The SMILES string of the molecule is O=C([O-])[C@H]1CC=CC[C@@H]1C(=O)Nc1cccc(Cl)c1Cl. The van der Waals surface area contributed by atoms with Crippen LogP contribution in [0.25, 0.3) is 0 Å². The summed E-state index contributed by atoms with van der Waals surface area (Å²) < 4.78 is 0. The van der Waals surface area contributed by atoms with Crippen LogP contribution in [-0.4, -0.2) is 11.9 Å². The number of nitrogens with one attached hydrogen (secondary N) is 1. The fraction of sp³-hybridized carbons (Fsp3) is 0.286. The summed E-state index contributed by atoms with van der Waals surface area (Å²) in [6.07, 6.45) is 4.20. The second-order valence-corrected chi connectivity index (χ2v) is 5.35. The predicted octanol–water partition coefficient (Wildman–Crippen LogP) is 2.26. The maximum atomic E-state index is 12.2. The van der Waals surface area contributed by atoms with Crippen molar-refractivity contribution in [2.24, 2.45) is 11.8 Å². The first kappa shape index (κ1) is 14.9. The average Bonchev–Trinajstić information content (AvgIpc) is 2.43. The third kappa shape index (κ3) is 3.14. The minimum absolute atomic E-state index is 0.235. The Bertz CT molecular complexity index is 572. The van der Waals surface area contributed by atoms with Gasteiger partial charge in [0.1, 0.15) is 0 Å². The van der Waals surface area contributed by atoms with E-state index in [2.05, 4.69) is 5.32 Å². The summed E-state index contributed by atoms with van der Waals surface area (Å²) in [6, 6.07) is 4.87. The van der Waals surface area contributed by atoms with E-state index in [4.69, 9.17) is 23.2 Å². The molecule has 0 unspecified atom stereocenters. The van der Waals surface area contributed by atoms with Gasteiger partial charge in [-0.3, -0.25) is 4.79 Å². The molecule has 1 amide bonds. The molecule has 0 radical (unpaired) electrons. The lowest BCUT2D eigenvalue weighted by atomic mass is 9.82. The van der Waals surface area contributed by atoms with E-state index >= 15 is 0 Å². The van der Waals surface area contributed by atoms with Crippen LogP contribution in [0.1, 0.15) is 12.8 Å². The quantitative estimate of drug-likeness (QED) is 0.870. The minimum Gasteiger partial charge on any atom is -0.550 e. The number of amides is 1. The number of carbonyl (C=O) groups excluding carboxylic acids is 2. The highest BCUT2D eigenvalue weighted by Gasteiger charge is 2.30. The Morgan fingerprint density at radius 3 is 2.45 bits per heavy atom. The van der Waals surface area contributed by atoms with Gasteiger partial charge in [0.25, 0.3) is 0 Å². The van der Waals surface area contributed by atoms with Gasteiger partial charge in [-0.15, -0.1) is 0 Å². The van der Waals surface area contributed by atoms with Gasteiger partial charge in [0.15, 0.2) is 0 Å². The summed E-state index contributed by atoms with van der Waals surface area (Å²) in [6.45, 7) is 0. The van der Waals surface area contributed by atoms with Crippen LogP contribution in [0, 0.1) is 11.8 Å². The van der Waals surface area contributed by atoms with Gasteiger partial charge in [-0.25, -0.2) is 0 Å². The van der Waals surface area contributed by atoms with Gasteiger partial charge in [-0.05, 0) is 25.0 Å². The summed E-state index contributed by atoms with van der Waals surface area (Å²) in [5, 5.41) is 14.3. The van der Waals surface area contributed by atoms with Gasteiger partial charge in [0.05, 0.1) is 21.7 Å². The molecule has 20 heavy (non-hydrogen) atoms. The van der Waals surface area contributed by atoms with Gasteiger partial charge in [-0.2, -0.15) is 0 Å². The Labute approximate surface area is 126 Å². The summed E-state index contributed by atoms with van der Waals surface area (Å²) in [5.41, 5.74) is 0.371. The topological polar surface area (TPSA) is 69.2 Å². The number of aliphatic carboxylic acids is 1. The molecule has 4 nitrogen and oxygen atoms in total. The van der Waals surface area contributed by atoms with Crippen molar-refractivity contribution in [1.82, 2.24) is 0 Å².